The van der Waals surface area contributed by atoms with E-state index in [-0.39, 0.29) is 56.7 Å². The molecular weight excluding hydrogens is 191 g/mol. The maximum absolute atomic E-state index is 0. The summed E-state index contributed by atoms with van der Waals surface area (Å²) in [5.41, 5.74) is 0. The number of rotatable bonds is 0. The van der Waals surface area contributed by atoms with Crippen LogP contribution in [-0.4, -0.2) is 5.48 Å². The van der Waals surface area contributed by atoms with Gasteiger partial charge in [0.05, 0.1) is 0 Å². The molecule has 0 fully saturated rings. The predicted molar refractivity (Wildman–Crippen MR) is 3.61 cm³/mol. The molecule has 0 aliphatic heterocycles. The predicted octanol–water partition coefficient (Wildman–Crippen LogP) is -0.832. The van der Waals surface area contributed by atoms with Gasteiger partial charge in [-0.1, -0.05) is 0 Å². The third-order valence-corrected chi connectivity index (χ3v) is 0. The third-order valence-electron chi connectivity index (χ3n) is 0. The molecule has 0 aliphatic carbocycles. The molecule has 2 N–H and O–H groups in total. The van der Waals surface area contributed by atoms with Crippen LogP contribution in [0.1, 0.15) is 0 Å². The maximum atomic E-state index is 0. The Hall–Kier alpha value is 1.52. The van der Waals surface area contributed by atoms with Gasteiger partial charge in [-0.15, -0.1) is 0 Å². The third kappa shape index (κ3) is 9.68. The quantitative estimate of drug-likeness (QED) is 0.450. The van der Waals surface area contributed by atoms with E-state index in [1.54, 1.807) is 0 Å². The van der Waals surface area contributed by atoms with Crippen LogP contribution in [0.2, 0.25) is 0 Å². The molecule has 1 nitrogen and oxygen atoms in total. The van der Waals surface area contributed by atoms with Gasteiger partial charge in [0.25, 0.3) is 0 Å². The van der Waals surface area contributed by atoms with Gasteiger partial charge in [0, 0.05) is 51.2 Å². The van der Waals surface area contributed by atoms with E-state index in [0.717, 1.165) is 0 Å². The average molecular weight is 193 g/mol. The van der Waals surface area contributed by atoms with Crippen LogP contribution in [0.25, 0.3) is 0 Å². The normalized spacial score (nSPS) is 0. The second-order valence-electron chi connectivity index (χ2n) is 0. The minimum atomic E-state index is 0. The fourth-order valence-corrected chi connectivity index (χ4v) is 0. The van der Waals surface area contributed by atoms with E-state index >= 15 is 0 Å². The summed E-state index contributed by atoms with van der Waals surface area (Å²) in [7, 11) is 0. The van der Waals surface area contributed by atoms with Crippen molar-refractivity contribution in [2.75, 3.05) is 0 Å². The molecule has 1 radical (unpaired) electrons. The molecule has 0 saturated carbocycles. The van der Waals surface area contributed by atoms with Crippen molar-refractivity contribution in [1.82, 2.24) is 0 Å². The zero-order chi connectivity index (χ0) is 0. The van der Waals surface area contributed by atoms with Crippen molar-refractivity contribution >= 4 is 0 Å². The van der Waals surface area contributed by atoms with Gasteiger partial charge in [-0.3, -0.25) is 0 Å². The van der Waals surface area contributed by atoms with Gasteiger partial charge in [-0.05, 0) is 0 Å². The van der Waals surface area contributed by atoms with Crippen molar-refractivity contribution < 1.29 is 56.7 Å². The first kappa shape index (κ1) is 48.9. The Morgan fingerprint density at radius 2 is 0.750 bits per heavy atom. The van der Waals surface area contributed by atoms with Crippen LogP contribution in [0.3, 0.4) is 0 Å². The van der Waals surface area contributed by atoms with Crippen LogP contribution in [0.5, 0.6) is 0 Å². The minimum Gasteiger partial charge on any atom is -0.412 e. The van der Waals surface area contributed by atoms with E-state index in [1.807, 2.05) is 0 Å². The van der Waals surface area contributed by atoms with Crippen LogP contribution in [0, 0.1) is 0 Å². The van der Waals surface area contributed by atoms with Crippen molar-refractivity contribution in [3.63, 3.8) is 0 Å². The Kier molecular flexibility index (Phi) is 296. The SMILES string of the molecule is O.[Cu].[Fe].[Fe]. The molecule has 4 heteroatoms. The second-order valence-corrected chi connectivity index (χ2v) is 0. The Bertz CT molecular complexity index is 6.00. The Morgan fingerprint density at radius 1 is 0.750 bits per heavy atom. The molecule has 4 heavy (non-hydrogen) atoms. The first-order valence-electron chi connectivity index (χ1n) is 0. The molecule has 0 aliphatic rings. The summed E-state index contributed by atoms with van der Waals surface area (Å²) in [6.07, 6.45) is 0. The fraction of sp³-hybridized carbons (Fsp3) is 0. The first-order chi connectivity index (χ1) is 0. The zero-order valence-electron chi connectivity index (χ0n) is 1.51. The molecule has 35 valence electrons. The van der Waals surface area contributed by atoms with E-state index < -0.39 is 0 Å². The van der Waals surface area contributed by atoms with Crippen LogP contribution >= 0.6 is 0 Å². The first-order valence-corrected chi connectivity index (χ1v) is 0. The molecule has 0 spiro atoms. The number of hydrogen-bond acceptors (Lipinski definition) is 0. The summed E-state index contributed by atoms with van der Waals surface area (Å²) in [4.78, 5) is 0. The molecule has 0 aromatic carbocycles. The topological polar surface area (TPSA) is 31.5 Å². The van der Waals surface area contributed by atoms with E-state index in [2.05, 4.69) is 0 Å². The van der Waals surface area contributed by atoms with Crippen LogP contribution < -0.4 is 0 Å². The van der Waals surface area contributed by atoms with E-state index in [9.17, 15) is 0 Å². The van der Waals surface area contributed by atoms with Gasteiger partial charge >= 0.3 is 0 Å². The standard InChI is InChI=1S/Cu.2Fe.H2O/h;;;1H2. The molecule has 0 rings (SSSR count). The van der Waals surface area contributed by atoms with Gasteiger partial charge in [0.15, 0.2) is 0 Å². The second kappa shape index (κ2) is 24.3. The summed E-state index contributed by atoms with van der Waals surface area (Å²) in [6.45, 7) is 0. The van der Waals surface area contributed by atoms with Crippen molar-refractivity contribution in [3.8, 4) is 0 Å². The average Bonchev–Trinajstić information content (AvgIpc) is 0. The summed E-state index contributed by atoms with van der Waals surface area (Å²) in [6, 6.07) is 0. The van der Waals surface area contributed by atoms with Gasteiger partial charge in [-0.25, -0.2) is 0 Å². The molecule has 0 aromatic heterocycles. The maximum Gasteiger partial charge on any atom is 0 e. The Labute approximate surface area is 56.6 Å². The molecule has 0 atom stereocenters. The minimum absolute atomic E-state index is 0. The van der Waals surface area contributed by atoms with E-state index in [0.29, 0.717) is 0 Å². The molecule has 0 saturated heterocycles. The van der Waals surface area contributed by atoms with Crippen LogP contribution in [0.4, 0.5) is 0 Å². The van der Waals surface area contributed by atoms with Gasteiger partial charge < -0.3 is 5.48 Å². The monoisotopic (exact) mass is 193 g/mol. The number of hydrogen-bond donors (Lipinski definition) is 0. The Morgan fingerprint density at radius 3 is 0.750 bits per heavy atom. The van der Waals surface area contributed by atoms with Crippen LogP contribution in [0.15, 0.2) is 0 Å². The summed E-state index contributed by atoms with van der Waals surface area (Å²) < 4.78 is 0. The van der Waals surface area contributed by atoms with E-state index in [4.69, 9.17) is 0 Å². The zero-order valence-corrected chi connectivity index (χ0v) is 4.66. The van der Waals surface area contributed by atoms with Crippen molar-refractivity contribution in [1.29, 1.82) is 0 Å². The molecule has 0 bridgehead atoms. The molecule has 0 unspecified atom stereocenters. The van der Waals surface area contributed by atoms with Crippen molar-refractivity contribution in [2.24, 2.45) is 0 Å². The largest absolute Gasteiger partial charge is 0.412 e. The van der Waals surface area contributed by atoms with Crippen LogP contribution in [-0.2, 0) is 51.2 Å². The molecule has 0 heterocycles. The van der Waals surface area contributed by atoms with Crippen molar-refractivity contribution in [3.05, 3.63) is 0 Å². The smallest absolute Gasteiger partial charge is 0 e. The van der Waals surface area contributed by atoms with Crippen molar-refractivity contribution in [2.45, 2.75) is 0 Å². The summed E-state index contributed by atoms with van der Waals surface area (Å²) >= 11 is 0. The van der Waals surface area contributed by atoms with E-state index in [1.165, 1.54) is 0 Å². The fourth-order valence-electron chi connectivity index (χ4n) is 0. The molecular formula is H2CuFe2O. The molecule has 0 amide bonds. The van der Waals surface area contributed by atoms with Gasteiger partial charge in [-0.2, -0.15) is 0 Å². The van der Waals surface area contributed by atoms with Gasteiger partial charge in [0.2, 0.25) is 0 Å². The summed E-state index contributed by atoms with van der Waals surface area (Å²) in [5, 5.41) is 0. The summed E-state index contributed by atoms with van der Waals surface area (Å²) in [5.74, 6) is 0. The van der Waals surface area contributed by atoms with Gasteiger partial charge in [0.1, 0.15) is 0 Å². The molecule has 0 aromatic rings. The Balaban J connectivity index is 0.